The molecular weight excluding hydrogens is 454 g/mol. The van der Waals surface area contributed by atoms with Crippen molar-refractivity contribution in [2.24, 2.45) is 7.05 Å². The van der Waals surface area contributed by atoms with E-state index in [-0.39, 0.29) is 11.8 Å². The maximum Gasteiger partial charge on any atom is 0.235 e. The zero-order chi connectivity index (χ0) is 25.0. The average Bonchev–Trinajstić information content (AvgIpc) is 3.26. The van der Waals surface area contributed by atoms with Crippen molar-refractivity contribution in [2.75, 3.05) is 0 Å². The van der Waals surface area contributed by atoms with Crippen molar-refractivity contribution < 1.29 is 8.98 Å². The van der Waals surface area contributed by atoms with E-state index in [1.165, 1.54) is 39.1 Å². The van der Waals surface area contributed by atoms with Crippen LogP contribution in [0.4, 0.5) is 0 Å². The van der Waals surface area contributed by atoms with Gasteiger partial charge in [-0.1, -0.05) is 48.5 Å². The molecule has 3 heterocycles. The molecule has 3 aliphatic rings. The third-order valence-corrected chi connectivity index (χ3v) is 8.64. The van der Waals surface area contributed by atoms with Gasteiger partial charge in [0.15, 0.2) is 5.58 Å². The summed E-state index contributed by atoms with van der Waals surface area (Å²) < 4.78 is 8.85. The van der Waals surface area contributed by atoms with Crippen molar-refractivity contribution in [3.8, 4) is 11.3 Å². The van der Waals surface area contributed by atoms with Crippen LogP contribution in [0.2, 0.25) is 0 Å². The molecule has 3 aromatic carbocycles. The van der Waals surface area contributed by atoms with E-state index in [1.807, 2.05) is 6.92 Å². The number of fused-ring (bicyclic) bond motifs is 3. The second-order valence-corrected chi connectivity index (χ2v) is 10.6. The van der Waals surface area contributed by atoms with Gasteiger partial charge in [-0.2, -0.15) is 4.57 Å². The summed E-state index contributed by atoms with van der Waals surface area (Å²) in [6.07, 6.45) is 2.05. The van der Waals surface area contributed by atoms with E-state index in [0.29, 0.717) is 5.71 Å². The fourth-order valence-electron chi connectivity index (χ4n) is 6.80. The number of rotatable bonds is 1. The van der Waals surface area contributed by atoms with Gasteiger partial charge in [-0.3, -0.25) is 0 Å². The van der Waals surface area contributed by atoms with E-state index < -0.39 is 0 Å². The molecule has 0 amide bonds. The van der Waals surface area contributed by atoms with E-state index in [0.717, 1.165) is 39.0 Å². The number of aromatic nitrogens is 3. The minimum Gasteiger partial charge on any atom is -0.437 e. The molecule has 0 aliphatic heterocycles. The maximum atomic E-state index is 6.48. The highest BCUT2D eigenvalue weighted by molar-refractivity contribution is 6.09. The first-order chi connectivity index (χ1) is 18.0. The largest absolute Gasteiger partial charge is 0.437 e. The zero-order valence-electron chi connectivity index (χ0n) is 21.3. The van der Waals surface area contributed by atoms with Gasteiger partial charge in [0.05, 0.1) is 23.6 Å². The summed E-state index contributed by atoms with van der Waals surface area (Å²) in [5.74, 6) is 0.315. The van der Waals surface area contributed by atoms with Crippen molar-refractivity contribution in [1.82, 2.24) is 9.97 Å². The SMILES string of the molecule is Cc1ccc2c(n1)oc1c(-c3cnc4c([n+]3C)C3c5ccccc5C4c4ccccc43)c(C)c(C)cc12. The number of aryl methyl sites for hydroxylation is 2. The van der Waals surface area contributed by atoms with E-state index >= 15 is 0 Å². The quantitative estimate of drug-likeness (QED) is 0.243. The lowest BCUT2D eigenvalue weighted by molar-refractivity contribution is -0.669. The first-order valence-corrected chi connectivity index (χ1v) is 12.9. The molecule has 6 aromatic rings. The highest BCUT2D eigenvalue weighted by atomic mass is 16.3. The fourth-order valence-corrected chi connectivity index (χ4v) is 6.80. The minimum absolute atomic E-state index is 0.157. The van der Waals surface area contributed by atoms with Crippen LogP contribution in [0.1, 0.15) is 62.3 Å². The normalized spacial score (nSPS) is 17.2. The summed E-state index contributed by atoms with van der Waals surface area (Å²) >= 11 is 0. The van der Waals surface area contributed by atoms with Crippen molar-refractivity contribution in [3.63, 3.8) is 0 Å². The predicted molar refractivity (Wildman–Crippen MR) is 145 cm³/mol. The van der Waals surface area contributed by atoms with Crippen LogP contribution in [0.25, 0.3) is 33.3 Å². The van der Waals surface area contributed by atoms with Gasteiger partial charge in [0.1, 0.15) is 12.7 Å². The number of nitrogens with zero attached hydrogens (tertiary/aromatic N) is 3. The lowest BCUT2D eigenvalue weighted by Crippen LogP contribution is -2.45. The molecule has 178 valence electrons. The van der Waals surface area contributed by atoms with E-state index in [9.17, 15) is 0 Å². The first-order valence-electron chi connectivity index (χ1n) is 12.9. The lowest BCUT2D eigenvalue weighted by atomic mass is 9.64. The van der Waals surface area contributed by atoms with Gasteiger partial charge >= 0.3 is 0 Å². The molecule has 0 unspecified atom stereocenters. The molecule has 3 aliphatic carbocycles. The molecule has 4 nitrogen and oxygen atoms in total. The third kappa shape index (κ3) is 2.60. The molecule has 9 rings (SSSR count). The van der Waals surface area contributed by atoms with Crippen molar-refractivity contribution in [1.29, 1.82) is 0 Å². The Morgan fingerprint density at radius 1 is 0.784 bits per heavy atom. The molecule has 0 spiro atoms. The number of furan rings is 1. The second-order valence-electron chi connectivity index (χ2n) is 10.6. The van der Waals surface area contributed by atoms with Gasteiger partial charge < -0.3 is 4.42 Å². The van der Waals surface area contributed by atoms with Gasteiger partial charge in [0, 0.05) is 16.5 Å². The van der Waals surface area contributed by atoms with Gasteiger partial charge in [-0.15, -0.1) is 0 Å². The average molecular weight is 481 g/mol. The zero-order valence-corrected chi connectivity index (χ0v) is 21.3. The molecule has 0 saturated carbocycles. The van der Waals surface area contributed by atoms with E-state index in [2.05, 4.69) is 98.4 Å². The topological polar surface area (TPSA) is 42.8 Å². The molecular formula is C33H26N3O+. The number of benzene rings is 3. The third-order valence-electron chi connectivity index (χ3n) is 8.64. The minimum atomic E-state index is 0.157. The number of pyridine rings is 1. The van der Waals surface area contributed by atoms with E-state index in [4.69, 9.17) is 14.4 Å². The molecule has 0 radical (unpaired) electrons. The smallest absolute Gasteiger partial charge is 0.235 e. The van der Waals surface area contributed by atoms with Gasteiger partial charge in [0.2, 0.25) is 17.1 Å². The highest BCUT2D eigenvalue weighted by Crippen LogP contribution is 2.54. The molecule has 4 heteroatoms. The highest BCUT2D eigenvalue weighted by Gasteiger charge is 2.47. The molecule has 0 fully saturated rings. The first kappa shape index (κ1) is 20.8. The summed E-state index contributed by atoms with van der Waals surface area (Å²) in [4.78, 5) is 9.90. The Bertz CT molecular complexity index is 1900. The van der Waals surface area contributed by atoms with Crippen molar-refractivity contribution in [3.05, 3.63) is 123 Å². The van der Waals surface area contributed by atoms with Crippen LogP contribution in [-0.4, -0.2) is 9.97 Å². The van der Waals surface area contributed by atoms with E-state index in [1.54, 1.807) is 0 Å². The summed E-state index contributed by atoms with van der Waals surface area (Å²) in [6.45, 7) is 6.37. The maximum absolute atomic E-state index is 6.48. The van der Waals surface area contributed by atoms with Crippen LogP contribution < -0.4 is 4.57 Å². The van der Waals surface area contributed by atoms with Gasteiger partial charge in [-0.25, -0.2) is 9.97 Å². The summed E-state index contributed by atoms with van der Waals surface area (Å²) in [7, 11) is 2.19. The van der Waals surface area contributed by atoms with Crippen molar-refractivity contribution >= 4 is 22.1 Å². The molecule has 0 atom stereocenters. The Morgan fingerprint density at radius 2 is 1.43 bits per heavy atom. The molecule has 0 saturated heterocycles. The van der Waals surface area contributed by atoms with Crippen LogP contribution in [0.3, 0.4) is 0 Å². The Hall–Kier alpha value is -4.31. The number of hydrogen-bond donors (Lipinski definition) is 0. The Labute approximate surface area is 215 Å². The van der Waals surface area contributed by atoms with Crippen LogP contribution in [0.5, 0.6) is 0 Å². The molecule has 2 bridgehead atoms. The monoisotopic (exact) mass is 480 g/mol. The van der Waals surface area contributed by atoms with Gasteiger partial charge in [0.25, 0.3) is 0 Å². The van der Waals surface area contributed by atoms with Crippen LogP contribution in [0, 0.1) is 20.8 Å². The Morgan fingerprint density at radius 3 is 2.11 bits per heavy atom. The van der Waals surface area contributed by atoms with Crippen LogP contribution in [0.15, 0.2) is 77.3 Å². The van der Waals surface area contributed by atoms with Crippen LogP contribution >= 0.6 is 0 Å². The number of hydrogen-bond acceptors (Lipinski definition) is 3. The van der Waals surface area contributed by atoms with Gasteiger partial charge in [-0.05, 0) is 72.4 Å². The predicted octanol–water partition coefficient (Wildman–Crippen LogP) is 6.78. The Kier molecular flexibility index (Phi) is 4.02. The fraction of sp³-hybridized carbons (Fsp3) is 0.182. The lowest BCUT2D eigenvalue weighted by Gasteiger charge is -2.38. The standard InChI is InChI=1S/C33H26N3O/c1-17-15-25-24-14-13-18(2)35-33(24)37-32(25)27(19(17)3)26-16-34-30-28-20-9-5-7-11-22(20)29(31(30)36(26)4)23-12-8-6-10-21(23)28/h5-16,28-29H,1-4H3/q+1. The molecule has 0 N–H and O–H groups in total. The summed E-state index contributed by atoms with van der Waals surface area (Å²) in [6, 6.07) is 24.2. The Balaban J connectivity index is 1.45. The molecule has 3 aromatic heterocycles. The van der Waals surface area contributed by atoms with Crippen LogP contribution in [-0.2, 0) is 7.05 Å². The summed E-state index contributed by atoms with van der Waals surface area (Å²) in [5, 5.41) is 2.16. The summed E-state index contributed by atoms with van der Waals surface area (Å²) in [5.41, 5.74) is 15.1. The molecule has 37 heavy (non-hydrogen) atoms. The van der Waals surface area contributed by atoms with Crippen molar-refractivity contribution in [2.45, 2.75) is 32.6 Å². The second kappa shape index (κ2) is 7.13.